The second-order valence-corrected chi connectivity index (χ2v) is 32.4. The molecule has 7 atom stereocenters. The van der Waals surface area contributed by atoms with E-state index in [1.54, 1.807) is 89.5 Å². The number of imidazole rings is 1. The number of sulfonamides is 1. The van der Waals surface area contributed by atoms with Crippen molar-refractivity contribution < 1.29 is 138 Å². The molecule has 20 N–H and O–H groups in total. The van der Waals surface area contributed by atoms with Gasteiger partial charge in [-0.25, -0.2) is 13.4 Å². The highest BCUT2D eigenvalue weighted by atomic mass is 32.3. The number of aromatic amines is 1. The number of nitrogens with one attached hydrogen (secondary N) is 8. The lowest BCUT2D eigenvalue weighted by molar-refractivity contribution is -0.258. The maximum absolute atomic E-state index is 13.6. The van der Waals surface area contributed by atoms with Crippen LogP contribution in [0.1, 0.15) is 79.8 Å². The summed E-state index contributed by atoms with van der Waals surface area (Å²) in [7, 11) is -11.7. The number of aliphatic hydroxyl groups excluding tert-OH is 2. The Morgan fingerprint density at radius 1 is 0.641 bits per heavy atom. The number of carboxylic acids is 4. The lowest BCUT2D eigenvalue weighted by atomic mass is 10.0. The molecule has 0 aliphatic carbocycles. The number of aliphatic hydroxyl groups is 2. The molecule has 47 heteroatoms. The molecule has 0 spiro atoms. The summed E-state index contributed by atoms with van der Waals surface area (Å²) in [6.07, 6.45) is 0.291. The van der Waals surface area contributed by atoms with Crippen molar-refractivity contribution in [3.05, 3.63) is 65.6 Å². The summed E-state index contributed by atoms with van der Waals surface area (Å²) >= 11 is 0. The Morgan fingerprint density at radius 2 is 1.22 bits per heavy atom. The predicted molar refractivity (Wildman–Crippen MR) is 424 cm³/mol. The molecule has 662 valence electrons. The van der Waals surface area contributed by atoms with Crippen LogP contribution in [0.15, 0.2) is 53.8 Å². The smallest absolute Gasteiger partial charge is 0.323 e. The van der Waals surface area contributed by atoms with Gasteiger partial charge in [-0.15, -0.1) is 0 Å². The average Bonchev–Trinajstić information content (AvgIpc) is 1.50. The molecule has 0 radical (unpaired) electrons. The van der Waals surface area contributed by atoms with E-state index in [0.717, 1.165) is 30.2 Å². The highest BCUT2D eigenvalue weighted by Gasteiger charge is 2.53. The summed E-state index contributed by atoms with van der Waals surface area (Å²) in [4.78, 5) is 125. The van der Waals surface area contributed by atoms with Crippen molar-refractivity contribution in [1.29, 1.82) is 0 Å². The second-order valence-electron chi connectivity index (χ2n) is 27.5. The lowest BCUT2D eigenvalue weighted by Gasteiger charge is -2.47. The predicted octanol–water partition coefficient (Wildman–Crippen LogP) is -0.577. The number of hydrogen-bond donors (Lipinski definition) is 20. The Labute approximate surface area is 680 Å². The number of benzene rings is 2. The first-order valence-electron chi connectivity index (χ1n) is 37.8. The lowest BCUT2D eigenvalue weighted by Crippen LogP contribution is -2.60. The van der Waals surface area contributed by atoms with E-state index in [1.807, 2.05) is 11.6 Å². The van der Waals surface area contributed by atoms with Gasteiger partial charge < -0.3 is 123 Å². The zero-order valence-electron chi connectivity index (χ0n) is 65.9. The fourth-order valence-electron chi connectivity index (χ4n) is 12.3. The number of H-pyrrole nitrogens is 1. The van der Waals surface area contributed by atoms with Crippen LogP contribution >= 0.6 is 21.7 Å². The van der Waals surface area contributed by atoms with E-state index >= 15 is 0 Å². The van der Waals surface area contributed by atoms with Gasteiger partial charge in [0.05, 0.1) is 96.7 Å². The van der Waals surface area contributed by atoms with Crippen molar-refractivity contribution in [2.75, 3.05) is 176 Å². The number of aromatic nitrogens is 4. The first-order chi connectivity index (χ1) is 55.5. The number of fused-ring (bicyclic) bond motifs is 1. The molecule has 5 amide bonds. The Bertz CT molecular complexity index is 3820. The number of nitrogens with zero attached hydrogens (tertiary/aromatic N) is 7. The number of anilines is 1. The van der Waals surface area contributed by atoms with Crippen LogP contribution in [0.5, 0.6) is 5.75 Å². The average molecular weight is 1730 g/mol. The molecule has 2 aliphatic heterocycles. The molecule has 5 unspecified atom stereocenters. The monoisotopic (exact) mass is 1730 g/mol. The number of hydrogen-bond acceptors (Lipinski definition) is 32. The topological polar surface area (TPSA) is 630 Å². The van der Waals surface area contributed by atoms with Crippen molar-refractivity contribution in [2.24, 2.45) is 0 Å². The van der Waals surface area contributed by atoms with Gasteiger partial charge >= 0.3 is 23.9 Å². The van der Waals surface area contributed by atoms with E-state index in [4.69, 9.17) is 28.4 Å². The van der Waals surface area contributed by atoms with Crippen LogP contribution in [-0.2, 0) is 78.6 Å². The van der Waals surface area contributed by atoms with Crippen molar-refractivity contribution in [3.8, 4) is 5.75 Å². The molecule has 2 aromatic carbocycles. The number of aliphatic carboxylic acids is 4. The van der Waals surface area contributed by atoms with Gasteiger partial charge in [-0.1, -0.05) is 6.92 Å². The van der Waals surface area contributed by atoms with Gasteiger partial charge in [0.15, 0.2) is 12.2 Å². The summed E-state index contributed by atoms with van der Waals surface area (Å²) in [5.41, 5.74) is 1.79. The Hall–Kier alpha value is -8.12. The van der Waals surface area contributed by atoms with Gasteiger partial charge in [-0.2, -0.15) is 9.82 Å². The Balaban J connectivity index is 0.000000434. The van der Waals surface area contributed by atoms with Gasteiger partial charge in [0.25, 0.3) is 5.91 Å². The zero-order chi connectivity index (χ0) is 86.3. The molecule has 4 heterocycles. The number of aryl methyl sites for hydroxylation is 3. The molecule has 2 aromatic heterocycles. The standard InChI is InChI=1S/C37H71N7O21S2.C33H44N8O8S/c1-2-16-62-19-20-63-17-3-6-39-36(55)26(4-5-28(45)38-7-18-64-37-34(54)35(67(59,60)61)33(53)27(65-37)25-66(56,57)58)40-29(46)21-41-8-10-42(22-30(47)48)12-14-44(24-32(51)52)15-13-43(11-9-41)23-31(49)50;1-22-17-26(49-16-4-7-29(42)34-11-6-15-48-3)18-23(2)30(22)50(46,47)40-27(32(44)45)21-38-31(43)24-8-9-28-25(19-24)20-39-41(28)14-5-10-35-33-36-12-13-37-33/h26-27,33-35,37,53-54,56-61H,2-25H2,1H3,(H,38,45)(H,39,55)(H,40,46)(H,47,48)(H,49,50)(H,51,52);8-9,12-13,17-20,27,40H,4-7,10-11,14-16,21H2,1-3H3,(H,34,42)(H,38,43)(H,44,45)(H2,35,36,37)/t26-,27?,33?,34?,35?,37?;27-/m10/s1. The van der Waals surface area contributed by atoms with Gasteiger partial charge in [0.1, 0.15) is 41.4 Å². The highest BCUT2D eigenvalue weighted by molar-refractivity contribution is 8.20. The van der Waals surface area contributed by atoms with E-state index < -0.39 is 140 Å². The van der Waals surface area contributed by atoms with Crippen LogP contribution < -0.4 is 41.4 Å². The minimum Gasteiger partial charge on any atom is -0.494 e. The number of ether oxygens (including phenoxy) is 6. The molecule has 2 saturated heterocycles. The number of rotatable bonds is 50. The van der Waals surface area contributed by atoms with Gasteiger partial charge in [0.2, 0.25) is 33.7 Å². The number of carbonyl (C=O) groups excluding carboxylic acids is 5. The molecule has 4 aromatic rings. The summed E-state index contributed by atoms with van der Waals surface area (Å²) in [5, 5.41) is 78.7. The molecule has 44 nitrogen and oxygen atoms in total. The van der Waals surface area contributed by atoms with Crippen LogP contribution in [0.2, 0.25) is 0 Å². The number of methoxy groups -OCH3 is 1. The maximum Gasteiger partial charge on any atom is 0.323 e. The van der Waals surface area contributed by atoms with Crippen molar-refractivity contribution in [2.45, 2.75) is 126 Å². The minimum absolute atomic E-state index is 0.0860. The third kappa shape index (κ3) is 37.8. The number of carboxylic acid groups (broad SMARTS) is 4. The molecule has 2 fully saturated rings. The Kier molecular flexibility index (Phi) is 43.7. The summed E-state index contributed by atoms with van der Waals surface area (Å²) in [5.74, 6) is -7.30. The third-order valence-corrected chi connectivity index (χ3v) is 21.8. The van der Waals surface area contributed by atoms with Gasteiger partial charge in [-0.05, 0) is 93.8 Å². The van der Waals surface area contributed by atoms with Gasteiger partial charge in [-0.3, -0.25) is 67.4 Å². The molecule has 6 rings (SSSR count). The van der Waals surface area contributed by atoms with Crippen LogP contribution in [-0.4, -0.2) is 371 Å². The summed E-state index contributed by atoms with van der Waals surface area (Å²) in [6, 6.07) is 5.20. The van der Waals surface area contributed by atoms with Crippen LogP contribution in [0, 0.1) is 13.8 Å². The number of carbonyl (C=O) groups is 9. The van der Waals surface area contributed by atoms with Crippen LogP contribution in [0.3, 0.4) is 0 Å². The summed E-state index contributed by atoms with van der Waals surface area (Å²) in [6.45, 7) is 8.18. The third-order valence-electron chi connectivity index (χ3n) is 17.9. The molecule has 0 bridgehead atoms. The maximum atomic E-state index is 13.6. The second kappa shape index (κ2) is 51.4. The molecular formula is C70H115N15O29S3. The van der Waals surface area contributed by atoms with Crippen LogP contribution in [0.4, 0.5) is 5.95 Å². The van der Waals surface area contributed by atoms with E-state index in [2.05, 4.69) is 51.7 Å². The fourth-order valence-corrected chi connectivity index (χ4v) is 15.7. The molecular weight excluding hydrogens is 1610 g/mol. The number of amides is 5. The largest absolute Gasteiger partial charge is 0.494 e. The van der Waals surface area contributed by atoms with Crippen molar-refractivity contribution >= 4 is 102 Å². The van der Waals surface area contributed by atoms with E-state index in [1.165, 1.54) is 0 Å². The molecule has 117 heavy (non-hydrogen) atoms. The SMILES string of the molecule is CCCOCCOCCCNC(=O)[C@@H](CCC(=O)NCCOC1OC(CS(O)(O)O)C(O)C(S(O)(O)O)C1O)NC(=O)CN1CCN(CC(=O)O)CCN(CC(=O)O)CCN(CC(=O)O)CC1.COCCCNC(=O)CCCOc1cc(C)c(S(=O)(=O)N[C@@H](CNC(=O)c2ccc3c(cnn3CCCNc3ncc[nH]3)c2)C(=O)O)c(C)c1. The first kappa shape index (κ1) is 99.4. The van der Waals surface area contributed by atoms with Crippen LogP contribution in [0.25, 0.3) is 10.9 Å². The minimum atomic E-state index is -4.67. The quantitative estimate of drug-likeness (QED) is 0.0246. The van der Waals surface area contributed by atoms with E-state index in [-0.39, 0.29) is 134 Å². The Morgan fingerprint density at radius 3 is 1.79 bits per heavy atom. The highest BCUT2D eigenvalue weighted by Crippen LogP contribution is 2.49. The first-order valence-corrected chi connectivity index (χ1v) is 42.6. The fraction of sp³-hybridized carbons (Fsp3) is 0.643. The van der Waals surface area contributed by atoms with Crippen molar-refractivity contribution in [1.82, 2.24) is 70.7 Å². The van der Waals surface area contributed by atoms with Gasteiger partial charge in [0, 0.05) is 155 Å². The molecule has 0 saturated carbocycles. The summed E-state index contributed by atoms with van der Waals surface area (Å²) < 4.78 is 121. The zero-order valence-corrected chi connectivity index (χ0v) is 68.3. The van der Waals surface area contributed by atoms with E-state index in [9.17, 15) is 110 Å². The van der Waals surface area contributed by atoms with E-state index in [0.29, 0.717) is 88.3 Å². The normalized spacial score (nSPS) is 18.5. The van der Waals surface area contributed by atoms with Crippen molar-refractivity contribution in [3.63, 3.8) is 0 Å². The molecule has 2 aliphatic rings.